The molecule has 0 aliphatic rings. The lowest BCUT2D eigenvalue weighted by atomic mass is 10.1. The summed E-state index contributed by atoms with van der Waals surface area (Å²) in [5, 5.41) is 5.95. The molecule has 3 nitrogen and oxygen atoms in total. The number of hydrogen-bond donors (Lipinski definition) is 2. The van der Waals surface area contributed by atoms with E-state index < -0.39 is 0 Å². The van der Waals surface area contributed by atoms with Crippen molar-refractivity contribution in [3.05, 3.63) is 35.6 Å². The summed E-state index contributed by atoms with van der Waals surface area (Å²) in [5.41, 5.74) is 0.641. The van der Waals surface area contributed by atoms with Crippen LogP contribution in [-0.2, 0) is 11.2 Å². The van der Waals surface area contributed by atoms with Gasteiger partial charge in [0.15, 0.2) is 0 Å². The van der Waals surface area contributed by atoms with Crippen molar-refractivity contribution in [1.29, 1.82) is 0 Å². The summed E-state index contributed by atoms with van der Waals surface area (Å²) in [6.07, 6.45) is 2.06. The minimum Gasteiger partial charge on any atom is -0.356 e. The number of carbonyl (C=O) groups excluding carboxylic acids is 1. The molecule has 0 bridgehead atoms. The molecule has 0 aromatic heterocycles. The van der Waals surface area contributed by atoms with E-state index in [2.05, 4.69) is 17.6 Å². The third-order valence-corrected chi connectivity index (χ3v) is 2.63. The minimum absolute atomic E-state index is 0.00921. The molecule has 0 aliphatic heterocycles. The van der Waals surface area contributed by atoms with Crippen molar-refractivity contribution in [3.8, 4) is 0 Å². The van der Waals surface area contributed by atoms with Gasteiger partial charge in [-0.15, -0.1) is 0 Å². The second-order valence-electron chi connectivity index (χ2n) is 4.19. The Bertz CT molecular complexity index is 369. The summed E-state index contributed by atoms with van der Waals surface area (Å²) in [7, 11) is 0. The van der Waals surface area contributed by atoms with Crippen LogP contribution in [0.3, 0.4) is 0 Å². The highest BCUT2D eigenvalue weighted by Gasteiger charge is 2.02. The lowest BCUT2D eigenvalue weighted by Crippen LogP contribution is -2.29. The number of rotatable bonds is 8. The van der Waals surface area contributed by atoms with Crippen LogP contribution in [0, 0.1) is 5.82 Å². The Labute approximate surface area is 108 Å². The molecule has 1 aromatic rings. The van der Waals surface area contributed by atoms with Gasteiger partial charge in [0, 0.05) is 19.5 Å². The third kappa shape index (κ3) is 5.77. The van der Waals surface area contributed by atoms with Gasteiger partial charge >= 0.3 is 0 Å². The summed E-state index contributed by atoms with van der Waals surface area (Å²) in [6, 6.07) is 6.64. The van der Waals surface area contributed by atoms with Crippen molar-refractivity contribution in [2.24, 2.45) is 0 Å². The quantitative estimate of drug-likeness (QED) is 0.694. The maximum Gasteiger partial charge on any atom is 0.221 e. The first-order valence-electron chi connectivity index (χ1n) is 6.45. The first-order valence-corrected chi connectivity index (χ1v) is 6.45. The van der Waals surface area contributed by atoms with Crippen LogP contribution < -0.4 is 10.6 Å². The van der Waals surface area contributed by atoms with Gasteiger partial charge in [-0.3, -0.25) is 4.79 Å². The second-order valence-corrected chi connectivity index (χ2v) is 4.19. The highest BCUT2D eigenvalue weighted by Crippen LogP contribution is 2.05. The Morgan fingerprint density at radius 2 is 2.00 bits per heavy atom. The molecule has 1 amide bonds. The molecular weight excluding hydrogens is 231 g/mol. The molecule has 2 N–H and O–H groups in total. The van der Waals surface area contributed by atoms with E-state index in [0.717, 1.165) is 13.0 Å². The molecule has 18 heavy (non-hydrogen) atoms. The molecule has 100 valence electrons. The lowest BCUT2D eigenvalue weighted by molar-refractivity contribution is -0.120. The summed E-state index contributed by atoms with van der Waals surface area (Å²) in [6.45, 7) is 4.19. The van der Waals surface area contributed by atoms with Crippen LogP contribution in [-0.4, -0.2) is 25.5 Å². The van der Waals surface area contributed by atoms with E-state index in [0.29, 0.717) is 31.5 Å². The molecule has 4 heteroatoms. The molecule has 0 saturated carbocycles. The van der Waals surface area contributed by atoms with Crippen molar-refractivity contribution in [1.82, 2.24) is 10.6 Å². The Hall–Kier alpha value is -1.42. The predicted octanol–water partition coefficient (Wildman–Crippen LogP) is 1.87. The molecule has 0 atom stereocenters. The Morgan fingerprint density at radius 1 is 1.22 bits per heavy atom. The molecule has 0 fully saturated rings. The highest BCUT2D eigenvalue weighted by atomic mass is 19.1. The third-order valence-electron chi connectivity index (χ3n) is 2.63. The van der Waals surface area contributed by atoms with Gasteiger partial charge in [0.1, 0.15) is 5.82 Å². The van der Waals surface area contributed by atoms with E-state index in [-0.39, 0.29) is 11.7 Å². The zero-order valence-corrected chi connectivity index (χ0v) is 10.8. The van der Waals surface area contributed by atoms with Gasteiger partial charge in [0.2, 0.25) is 5.91 Å². The van der Waals surface area contributed by atoms with Crippen LogP contribution in [0.25, 0.3) is 0 Å². The topological polar surface area (TPSA) is 41.1 Å². The zero-order chi connectivity index (χ0) is 13.2. The average Bonchev–Trinajstić information content (AvgIpc) is 2.37. The average molecular weight is 252 g/mol. The lowest BCUT2D eigenvalue weighted by Gasteiger charge is -2.06. The van der Waals surface area contributed by atoms with Crippen LogP contribution in [0.5, 0.6) is 0 Å². The Balaban J connectivity index is 2.14. The number of hydrogen-bond acceptors (Lipinski definition) is 2. The number of amides is 1. The Kier molecular flexibility index (Phi) is 7.03. The van der Waals surface area contributed by atoms with Crippen LogP contribution in [0.4, 0.5) is 4.39 Å². The number of carbonyl (C=O) groups is 1. The molecule has 0 saturated heterocycles. The van der Waals surface area contributed by atoms with Crippen LogP contribution >= 0.6 is 0 Å². The van der Waals surface area contributed by atoms with Gasteiger partial charge in [-0.1, -0.05) is 25.1 Å². The van der Waals surface area contributed by atoms with Gasteiger partial charge in [0.25, 0.3) is 0 Å². The number of halogens is 1. The molecule has 1 rings (SSSR count). The SMILES string of the molecule is CCCNCCC(=O)NCCc1ccccc1F. The maximum atomic E-state index is 13.3. The van der Waals surface area contributed by atoms with E-state index in [9.17, 15) is 9.18 Å². The molecule has 0 heterocycles. The van der Waals surface area contributed by atoms with Crippen LogP contribution in [0.15, 0.2) is 24.3 Å². The molecule has 1 aromatic carbocycles. The molecule has 0 unspecified atom stereocenters. The molecule has 0 radical (unpaired) electrons. The van der Waals surface area contributed by atoms with E-state index in [1.165, 1.54) is 6.07 Å². The van der Waals surface area contributed by atoms with Crippen molar-refractivity contribution in [2.75, 3.05) is 19.6 Å². The van der Waals surface area contributed by atoms with Gasteiger partial charge < -0.3 is 10.6 Å². The molecular formula is C14H21FN2O. The van der Waals surface area contributed by atoms with Crippen molar-refractivity contribution >= 4 is 5.91 Å². The first-order chi connectivity index (χ1) is 8.74. The normalized spacial score (nSPS) is 10.3. The summed E-state index contributed by atoms with van der Waals surface area (Å²) in [5.74, 6) is -0.202. The zero-order valence-electron chi connectivity index (χ0n) is 10.8. The highest BCUT2D eigenvalue weighted by molar-refractivity contribution is 5.76. The van der Waals surface area contributed by atoms with Crippen molar-refractivity contribution < 1.29 is 9.18 Å². The predicted molar refractivity (Wildman–Crippen MR) is 70.9 cm³/mol. The number of nitrogens with one attached hydrogen (secondary N) is 2. The van der Waals surface area contributed by atoms with Crippen molar-refractivity contribution in [2.45, 2.75) is 26.2 Å². The monoisotopic (exact) mass is 252 g/mol. The van der Waals surface area contributed by atoms with Gasteiger partial charge in [-0.2, -0.15) is 0 Å². The van der Waals surface area contributed by atoms with Gasteiger partial charge in [-0.25, -0.2) is 4.39 Å². The Morgan fingerprint density at radius 3 is 2.72 bits per heavy atom. The van der Waals surface area contributed by atoms with Crippen LogP contribution in [0.2, 0.25) is 0 Å². The first kappa shape index (κ1) is 14.6. The summed E-state index contributed by atoms with van der Waals surface area (Å²) in [4.78, 5) is 11.4. The standard InChI is InChI=1S/C14H21FN2O/c1-2-9-16-10-8-14(18)17-11-7-12-5-3-4-6-13(12)15/h3-6,16H,2,7-11H2,1H3,(H,17,18). The largest absolute Gasteiger partial charge is 0.356 e. The maximum absolute atomic E-state index is 13.3. The fourth-order valence-electron chi connectivity index (χ4n) is 1.63. The van der Waals surface area contributed by atoms with E-state index >= 15 is 0 Å². The van der Waals surface area contributed by atoms with Crippen LogP contribution in [0.1, 0.15) is 25.3 Å². The van der Waals surface area contributed by atoms with E-state index in [1.54, 1.807) is 18.2 Å². The summed E-state index contributed by atoms with van der Waals surface area (Å²) < 4.78 is 13.3. The summed E-state index contributed by atoms with van der Waals surface area (Å²) >= 11 is 0. The van der Waals surface area contributed by atoms with Gasteiger partial charge in [0.05, 0.1) is 0 Å². The van der Waals surface area contributed by atoms with E-state index in [4.69, 9.17) is 0 Å². The van der Waals surface area contributed by atoms with Gasteiger partial charge in [-0.05, 0) is 31.0 Å². The number of benzene rings is 1. The van der Waals surface area contributed by atoms with Crippen molar-refractivity contribution in [3.63, 3.8) is 0 Å². The second kappa shape index (κ2) is 8.64. The smallest absolute Gasteiger partial charge is 0.221 e. The minimum atomic E-state index is -0.212. The fourth-order valence-corrected chi connectivity index (χ4v) is 1.63. The van der Waals surface area contributed by atoms with E-state index in [1.807, 2.05) is 0 Å². The molecule has 0 spiro atoms. The fraction of sp³-hybridized carbons (Fsp3) is 0.500. The molecule has 0 aliphatic carbocycles.